The monoisotopic (exact) mass is 347 g/mol. The third kappa shape index (κ3) is 3.56. The van der Waals surface area contributed by atoms with Crippen LogP contribution in [0, 0.1) is 6.92 Å². The SMILES string of the molecule is Cc1ccc(Sc2nc(-c3cnc(C(C)(C)C)s3)ns2)cc1. The van der Waals surface area contributed by atoms with Gasteiger partial charge >= 0.3 is 0 Å². The maximum atomic E-state index is 4.63. The molecule has 0 amide bonds. The van der Waals surface area contributed by atoms with Crippen LogP contribution in [-0.2, 0) is 5.41 Å². The summed E-state index contributed by atoms with van der Waals surface area (Å²) in [5, 5.41) is 1.12. The van der Waals surface area contributed by atoms with Gasteiger partial charge in [-0.05, 0) is 30.6 Å². The minimum absolute atomic E-state index is 0.0679. The molecule has 0 fully saturated rings. The molecule has 0 aliphatic rings. The smallest absolute Gasteiger partial charge is 0.185 e. The molecular weight excluding hydrogens is 330 g/mol. The molecule has 0 saturated carbocycles. The Labute approximate surface area is 143 Å². The largest absolute Gasteiger partial charge is 0.248 e. The highest BCUT2D eigenvalue weighted by atomic mass is 32.2. The van der Waals surface area contributed by atoms with E-state index in [0.29, 0.717) is 0 Å². The molecule has 1 aromatic carbocycles. The molecule has 114 valence electrons. The Balaban J connectivity index is 1.79. The molecule has 6 heteroatoms. The standard InChI is InChI=1S/C16H17N3S3/c1-10-5-7-11(8-6-10)20-15-18-13(19-22-15)12-9-17-14(21-12)16(2,3)4/h5-9H,1-4H3. The fourth-order valence-electron chi connectivity index (χ4n) is 1.78. The number of aromatic nitrogens is 3. The van der Waals surface area contributed by atoms with Crippen LogP contribution in [0.5, 0.6) is 0 Å². The Morgan fingerprint density at radius 3 is 2.45 bits per heavy atom. The zero-order chi connectivity index (χ0) is 15.7. The van der Waals surface area contributed by atoms with Gasteiger partial charge in [-0.1, -0.05) is 50.2 Å². The molecule has 0 saturated heterocycles. The van der Waals surface area contributed by atoms with Gasteiger partial charge in [-0.2, -0.15) is 4.37 Å². The van der Waals surface area contributed by atoms with Crippen LogP contribution in [-0.4, -0.2) is 14.3 Å². The number of nitrogens with zero attached hydrogens (tertiary/aromatic N) is 3. The average molecular weight is 348 g/mol. The molecule has 0 aliphatic heterocycles. The van der Waals surface area contributed by atoms with Crippen LogP contribution in [0.4, 0.5) is 0 Å². The predicted octanol–water partition coefficient (Wildman–Crippen LogP) is 5.42. The van der Waals surface area contributed by atoms with Gasteiger partial charge in [-0.25, -0.2) is 9.97 Å². The van der Waals surface area contributed by atoms with Crippen molar-refractivity contribution < 1.29 is 0 Å². The maximum absolute atomic E-state index is 4.63. The van der Waals surface area contributed by atoms with Crippen LogP contribution in [0.25, 0.3) is 10.7 Å². The van der Waals surface area contributed by atoms with Crippen molar-refractivity contribution in [2.24, 2.45) is 0 Å². The van der Waals surface area contributed by atoms with E-state index in [4.69, 9.17) is 0 Å². The molecule has 3 nitrogen and oxygen atoms in total. The highest BCUT2D eigenvalue weighted by molar-refractivity contribution is 8.01. The van der Waals surface area contributed by atoms with Crippen molar-refractivity contribution in [3.8, 4) is 10.7 Å². The van der Waals surface area contributed by atoms with Crippen LogP contribution in [0.3, 0.4) is 0 Å². The first-order valence-corrected chi connectivity index (χ1v) is 9.37. The van der Waals surface area contributed by atoms with Crippen molar-refractivity contribution in [2.75, 3.05) is 0 Å². The van der Waals surface area contributed by atoms with Gasteiger partial charge in [-0.15, -0.1) is 11.3 Å². The highest BCUT2D eigenvalue weighted by Crippen LogP contribution is 2.35. The van der Waals surface area contributed by atoms with E-state index >= 15 is 0 Å². The Kier molecular flexibility index (Phi) is 4.34. The van der Waals surface area contributed by atoms with E-state index in [-0.39, 0.29) is 5.41 Å². The van der Waals surface area contributed by atoms with Crippen molar-refractivity contribution in [1.82, 2.24) is 14.3 Å². The first-order valence-electron chi connectivity index (χ1n) is 6.97. The quantitative estimate of drug-likeness (QED) is 0.634. The Morgan fingerprint density at radius 2 is 1.82 bits per heavy atom. The van der Waals surface area contributed by atoms with Crippen molar-refractivity contribution in [3.05, 3.63) is 41.0 Å². The van der Waals surface area contributed by atoms with Crippen LogP contribution in [0.2, 0.25) is 0 Å². The van der Waals surface area contributed by atoms with E-state index in [1.54, 1.807) is 23.1 Å². The Bertz CT molecular complexity index is 767. The number of rotatable bonds is 3. The van der Waals surface area contributed by atoms with Crippen LogP contribution in [0.1, 0.15) is 31.3 Å². The van der Waals surface area contributed by atoms with Gasteiger partial charge in [0.15, 0.2) is 10.2 Å². The summed E-state index contributed by atoms with van der Waals surface area (Å²) in [7, 11) is 0. The van der Waals surface area contributed by atoms with Crippen LogP contribution >= 0.6 is 34.6 Å². The van der Waals surface area contributed by atoms with E-state index < -0.39 is 0 Å². The molecule has 0 spiro atoms. The van der Waals surface area contributed by atoms with E-state index in [9.17, 15) is 0 Å². The summed E-state index contributed by atoms with van der Waals surface area (Å²) in [5.41, 5.74) is 1.33. The Morgan fingerprint density at radius 1 is 1.09 bits per heavy atom. The number of aryl methyl sites for hydroxylation is 1. The second-order valence-corrected chi connectivity index (χ2v) is 9.18. The minimum Gasteiger partial charge on any atom is -0.248 e. The van der Waals surface area contributed by atoms with Crippen LogP contribution < -0.4 is 0 Å². The molecule has 3 aromatic rings. The number of benzene rings is 1. The molecule has 3 rings (SSSR count). The third-order valence-electron chi connectivity index (χ3n) is 3.00. The molecule has 22 heavy (non-hydrogen) atoms. The third-order valence-corrected chi connectivity index (χ3v) is 6.18. The second kappa shape index (κ2) is 6.10. The van der Waals surface area contributed by atoms with Crippen LogP contribution in [0.15, 0.2) is 39.7 Å². The van der Waals surface area contributed by atoms with Gasteiger partial charge in [-0.3, -0.25) is 0 Å². The lowest BCUT2D eigenvalue weighted by Crippen LogP contribution is -2.09. The molecular formula is C16H17N3S3. The van der Waals surface area contributed by atoms with Gasteiger partial charge in [0.2, 0.25) is 0 Å². The van der Waals surface area contributed by atoms with E-state index in [1.165, 1.54) is 22.0 Å². The molecule has 2 heterocycles. The molecule has 0 unspecified atom stereocenters. The fraction of sp³-hybridized carbons (Fsp3) is 0.312. The molecule has 0 bridgehead atoms. The molecule has 0 atom stereocenters. The van der Waals surface area contributed by atoms with Crippen molar-refractivity contribution in [2.45, 2.75) is 42.3 Å². The minimum atomic E-state index is 0.0679. The average Bonchev–Trinajstić information content (AvgIpc) is 3.09. The second-order valence-electron chi connectivity index (χ2n) is 6.08. The summed E-state index contributed by atoms with van der Waals surface area (Å²) in [4.78, 5) is 11.4. The van der Waals surface area contributed by atoms with Crippen molar-refractivity contribution in [1.29, 1.82) is 0 Å². The van der Waals surface area contributed by atoms with Crippen molar-refractivity contribution in [3.63, 3.8) is 0 Å². The summed E-state index contributed by atoms with van der Waals surface area (Å²) in [5.74, 6) is 0.785. The normalized spacial score (nSPS) is 11.8. The summed E-state index contributed by atoms with van der Waals surface area (Å²) in [6.45, 7) is 8.60. The number of hydrogen-bond acceptors (Lipinski definition) is 6. The molecule has 0 radical (unpaired) electrons. The van der Waals surface area contributed by atoms with Gasteiger partial charge in [0.1, 0.15) is 0 Å². The first kappa shape index (κ1) is 15.6. The van der Waals surface area contributed by atoms with Crippen molar-refractivity contribution >= 4 is 34.6 Å². The fourth-order valence-corrected chi connectivity index (χ4v) is 4.33. The number of thiazole rings is 1. The molecule has 0 N–H and O–H groups in total. The first-order chi connectivity index (χ1) is 10.4. The van der Waals surface area contributed by atoms with Gasteiger partial charge in [0.25, 0.3) is 0 Å². The highest BCUT2D eigenvalue weighted by Gasteiger charge is 2.20. The lowest BCUT2D eigenvalue weighted by Gasteiger charge is -2.13. The Hall–Kier alpha value is -1.24. The van der Waals surface area contributed by atoms with E-state index in [2.05, 4.69) is 66.3 Å². The maximum Gasteiger partial charge on any atom is 0.185 e. The van der Waals surface area contributed by atoms with Gasteiger partial charge in [0, 0.05) is 16.5 Å². The summed E-state index contributed by atoms with van der Waals surface area (Å²) in [6.07, 6.45) is 1.88. The predicted molar refractivity (Wildman–Crippen MR) is 95.0 cm³/mol. The summed E-state index contributed by atoms with van der Waals surface area (Å²) < 4.78 is 5.44. The topological polar surface area (TPSA) is 38.7 Å². The van der Waals surface area contributed by atoms with Gasteiger partial charge < -0.3 is 0 Å². The van der Waals surface area contributed by atoms with E-state index in [1.807, 2.05) is 6.20 Å². The summed E-state index contributed by atoms with van der Waals surface area (Å²) >= 11 is 4.77. The lowest BCUT2D eigenvalue weighted by atomic mass is 9.98. The lowest BCUT2D eigenvalue weighted by molar-refractivity contribution is 0.585. The molecule has 0 aliphatic carbocycles. The number of hydrogen-bond donors (Lipinski definition) is 0. The zero-order valence-electron chi connectivity index (χ0n) is 13.0. The zero-order valence-corrected chi connectivity index (χ0v) is 15.4. The molecule has 2 aromatic heterocycles. The summed E-state index contributed by atoms with van der Waals surface area (Å²) in [6, 6.07) is 8.46. The van der Waals surface area contributed by atoms with Gasteiger partial charge in [0.05, 0.1) is 9.88 Å². The van der Waals surface area contributed by atoms with E-state index in [0.717, 1.165) is 20.0 Å².